The van der Waals surface area contributed by atoms with E-state index in [4.69, 9.17) is 42.6 Å². The molecule has 4 aliphatic heterocycles. The number of carbonyl (C=O) groups excluding carboxylic acids is 1. The maximum atomic E-state index is 12.8. The van der Waals surface area contributed by atoms with Crippen molar-refractivity contribution in [3.63, 3.8) is 0 Å². The maximum Gasteiger partial charge on any atom is 0.217 e. The number of benzene rings is 1. The first kappa shape index (κ1) is 45.1. The summed E-state index contributed by atoms with van der Waals surface area (Å²) < 4.78 is 56.4. The highest BCUT2D eigenvalue weighted by Crippen LogP contribution is 2.38. The molecule has 0 aromatic heterocycles. The van der Waals surface area contributed by atoms with Crippen LogP contribution >= 0.6 is 0 Å². The number of carbonyl (C=O) groups is 1. The number of amides is 1. The second kappa shape index (κ2) is 20.3. The lowest BCUT2D eigenvalue weighted by Crippen LogP contribution is -2.69. The fourth-order valence-corrected chi connectivity index (χ4v) is 7.57. The van der Waals surface area contributed by atoms with Crippen molar-refractivity contribution in [2.75, 3.05) is 19.8 Å². The van der Waals surface area contributed by atoms with Crippen molar-refractivity contribution < 1.29 is 83.2 Å². The molecule has 18 nitrogen and oxygen atoms in total. The lowest BCUT2D eigenvalue weighted by Gasteiger charge is -2.51. The van der Waals surface area contributed by atoms with Crippen LogP contribution < -0.4 is 5.32 Å². The summed E-state index contributed by atoms with van der Waals surface area (Å²) in [7, 11) is 0. The van der Waals surface area contributed by atoms with Gasteiger partial charge < -0.3 is 83.7 Å². The van der Waals surface area contributed by atoms with Gasteiger partial charge in [0.05, 0.1) is 38.1 Å². The highest BCUT2D eigenvalue weighted by atomic mass is 16.8. The minimum Gasteiger partial charge on any atom is -0.394 e. The lowest BCUT2D eigenvalue weighted by molar-refractivity contribution is -0.390. The molecule has 1 aromatic rings. The average molecular weight is 804 g/mol. The van der Waals surface area contributed by atoms with E-state index in [1.807, 2.05) is 51.1 Å². The van der Waals surface area contributed by atoms with E-state index < -0.39 is 130 Å². The quantitative estimate of drug-likeness (QED) is 0.102. The monoisotopic (exact) mass is 803 g/mol. The second-order valence-electron chi connectivity index (χ2n) is 15.2. The van der Waals surface area contributed by atoms with Crippen LogP contribution in [0.3, 0.4) is 0 Å². The SMILES string of the molecule is CCCO[C@@H]1OC(C)[C@@H](OCc2ccccc2)[C@H](O[C@H]2O[C@@H](CO)[C@@H](O)C(O)C2O)C1O[C@@H]1OC(CO)[C@@H](O)C(O[C@@H]2OC(C)[C@H](O)[C@H](C)C2C)[C@H]1NC(C)=O. The van der Waals surface area contributed by atoms with E-state index in [1.54, 1.807) is 13.8 Å². The van der Waals surface area contributed by atoms with E-state index in [2.05, 4.69) is 5.32 Å². The van der Waals surface area contributed by atoms with Crippen LogP contribution in [0.4, 0.5) is 0 Å². The molecule has 1 aromatic carbocycles. The average Bonchev–Trinajstić information content (AvgIpc) is 3.18. The van der Waals surface area contributed by atoms with Gasteiger partial charge in [0.1, 0.15) is 67.1 Å². The largest absolute Gasteiger partial charge is 0.394 e. The van der Waals surface area contributed by atoms with E-state index in [0.717, 1.165) is 5.56 Å². The highest BCUT2D eigenvalue weighted by Gasteiger charge is 2.56. The molecule has 4 aliphatic rings. The van der Waals surface area contributed by atoms with E-state index in [1.165, 1.54) is 6.92 Å². The zero-order valence-electron chi connectivity index (χ0n) is 32.7. The van der Waals surface area contributed by atoms with Gasteiger partial charge in [-0.15, -0.1) is 0 Å². The van der Waals surface area contributed by atoms with Gasteiger partial charge in [-0.1, -0.05) is 51.1 Å². The Balaban J connectivity index is 1.53. The van der Waals surface area contributed by atoms with Crippen LogP contribution in [0.25, 0.3) is 0 Å². The number of aliphatic hydroxyl groups is 7. The Kier molecular flexibility index (Phi) is 16.4. The third kappa shape index (κ3) is 10.2. The van der Waals surface area contributed by atoms with E-state index in [0.29, 0.717) is 6.42 Å². The summed E-state index contributed by atoms with van der Waals surface area (Å²) in [4.78, 5) is 12.8. The van der Waals surface area contributed by atoms with Crippen LogP contribution in [-0.4, -0.2) is 172 Å². The predicted molar refractivity (Wildman–Crippen MR) is 192 cm³/mol. The second-order valence-corrected chi connectivity index (χ2v) is 15.2. The van der Waals surface area contributed by atoms with Gasteiger partial charge in [0, 0.05) is 19.4 Å². The molecule has 0 aliphatic carbocycles. The molecule has 4 saturated heterocycles. The molecule has 8 unspecified atom stereocenters. The zero-order chi connectivity index (χ0) is 40.8. The summed E-state index contributed by atoms with van der Waals surface area (Å²) in [5.41, 5.74) is 0.810. The molecule has 4 heterocycles. The number of ether oxygens (including phenoxy) is 9. The van der Waals surface area contributed by atoms with E-state index in [9.17, 15) is 40.5 Å². The molecule has 5 rings (SSSR count). The normalized spacial score (nSPS) is 44.7. The number of nitrogens with one attached hydrogen (secondary N) is 1. The Labute approximate surface area is 326 Å². The summed E-state index contributed by atoms with van der Waals surface area (Å²) in [6.07, 6.45) is -21.0. The molecule has 18 heteroatoms. The number of hydrogen-bond donors (Lipinski definition) is 8. The first-order valence-corrected chi connectivity index (χ1v) is 19.4. The minimum absolute atomic E-state index is 0.0786. The van der Waals surface area contributed by atoms with Crippen LogP contribution in [-0.2, 0) is 54.0 Å². The summed E-state index contributed by atoms with van der Waals surface area (Å²) in [6, 6.07) is 8.01. The standard InChI is InChI=1S/C38H61NO17/c1-7-13-48-38-34(56-36-25(39-21(6)42)32(28(45)24(15-41)52-36)54-35-18(3)17(2)26(43)19(4)50-35)33(55-37-30(47)29(46)27(44)23(14-40)53-37)31(20(5)51-38)49-16-22-11-9-8-10-12-22/h8-12,17-20,23-38,40-41,43-47H,7,13-16H2,1-6H3,(H,39,42)/t17-,18?,19?,20?,23+,24?,25-,26-,27-,28-,29?,30?,31-,32?,33+,34?,35+,36+,37-,38-/m1/s1. The molecular weight excluding hydrogens is 742 g/mol. The molecule has 320 valence electrons. The first-order chi connectivity index (χ1) is 26.7. The number of rotatable bonds is 15. The molecule has 1 amide bonds. The Hall–Kier alpha value is -1.95. The molecule has 20 atom stereocenters. The van der Waals surface area contributed by atoms with Gasteiger partial charge >= 0.3 is 0 Å². The van der Waals surface area contributed by atoms with Gasteiger partial charge in [-0.3, -0.25) is 4.79 Å². The summed E-state index contributed by atoms with van der Waals surface area (Å²) in [6.45, 7) is 9.14. The summed E-state index contributed by atoms with van der Waals surface area (Å²) in [5.74, 6) is -1.15. The Bertz CT molecular complexity index is 1350. The van der Waals surface area contributed by atoms with Crippen LogP contribution in [0.5, 0.6) is 0 Å². The van der Waals surface area contributed by atoms with Crippen molar-refractivity contribution in [1.29, 1.82) is 0 Å². The molecule has 0 spiro atoms. The molecule has 56 heavy (non-hydrogen) atoms. The molecular formula is C38H61NO17. The van der Waals surface area contributed by atoms with Crippen molar-refractivity contribution in [3.05, 3.63) is 35.9 Å². The van der Waals surface area contributed by atoms with Crippen molar-refractivity contribution in [2.45, 2.75) is 165 Å². The number of hydrogen-bond acceptors (Lipinski definition) is 17. The van der Waals surface area contributed by atoms with Gasteiger partial charge in [-0.25, -0.2) is 0 Å². The van der Waals surface area contributed by atoms with Gasteiger partial charge in [0.2, 0.25) is 5.91 Å². The molecule has 0 radical (unpaired) electrons. The van der Waals surface area contributed by atoms with Crippen LogP contribution in [0.1, 0.15) is 53.5 Å². The van der Waals surface area contributed by atoms with E-state index in [-0.39, 0.29) is 25.0 Å². The fraction of sp³-hybridized carbons (Fsp3) is 0.816. The fourth-order valence-electron chi connectivity index (χ4n) is 7.57. The van der Waals surface area contributed by atoms with Crippen LogP contribution in [0.15, 0.2) is 30.3 Å². The topological polar surface area (TPSA) is 254 Å². The molecule has 8 N–H and O–H groups in total. The molecule has 0 bridgehead atoms. The minimum atomic E-state index is -1.79. The van der Waals surface area contributed by atoms with Crippen LogP contribution in [0.2, 0.25) is 0 Å². The van der Waals surface area contributed by atoms with E-state index >= 15 is 0 Å². The van der Waals surface area contributed by atoms with Crippen LogP contribution in [0, 0.1) is 11.8 Å². The third-order valence-electron chi connectivity index (χ3n) is 11.1. The van der Waals surface area contributed by atoms with Crippen molar-refractivity contribution in [2.24, 2.45) is 11.8 Å². The summed E-state index contributed by atoms with van der Waals surface area (Å²) >= 11 is 0. The predicted octanol–water partition coefficient (Wildman–Crippen LogP) is -1.34. The maximum absolute atomic E-state index is 12.8. The van der Waals surface area contributed by atoms with Crippen molar-refractivity contribution >= 4 is 5.91 Å². The van der Waals surface area contributed by atoms with Gasteiger partial charge in [-0.2, -0.15) is 0 Å². The van der Waals surface area contributed by atoms with Crippen molar-refractivity contribution in [1.82, 2.24) is 5.32 Å². The Morgan fingerprint density at radius 3 is 1.89 bits per heavy atom. The third-order valence-corrected chi connectivity index (χ3v) is 11.1. The highest BCUT2D eigenvalue weighted by molar-refractivity contribution is 5.73. The lowest BCUT2D eigenvalue weighted by atomic mass is 9.85. The first-order valence-electron chi connectivity index (χ1n) is 19.4. The van der Waals surface area contributed by atoms with Gasteiger partial charge in [-0.05, 0) is 31.7 Å². The van der Waals surface area contributed by atoms with Crippen molar-refractivity contribution in [3.8, 4) is 0 Å². The van der Waals surface area contributed by atoms with Gasteiger partial charge in [0.15, 0.2) is 25.2 Å². The smallest absolute Gasteiger partial charge is 0.217 e. The zero-order valence-corrected chi connectivity index (χ0v) is 32.7. The Morgan fingerprint density at radius 1 is 0.643 bits per heavy atom. The number of aliphatic hydroxyl groups excluding tert-OH is 7. The Morgan fingerprint density at radius 2 is 1.25 bits per heavy atom. The summed E-state index contributed by atoms with van der Waals surface area (Å²) in [5, 5.41) is 77.5. The molecule has 4 fully saturated rings. The molecule has 0 saturated carbocycles. The van der Waals surface area contributed by atoms with Gasteiger partial charge in [0.25, 0.3) is 0 Å².